The molecule has 1 amide bonds. The van der Waals surface area contributed by atoms with Gasteiger partial charge in [0.15, 0.2) is 0 Å². The zero-order valence-electron chi connectivity index (χ0n) is 18.3. The quantitative estimate of drug-likeness (QED) is 0.346. The van der Waals surface area contributed by atoms with Gasteiger partial charge in [-0.2, -0.15) is 0 Å². The largest absolute Gasteiger partial charge is 0.507 e. The number of aliphatic hydroxyl groups is 1. The van der Waals surface area contributed by atoms with E-state index in [0.29, 0.717) is 22.7 Å². The third kappa shape index (κ3) is 3.93. The molecule has 0 aliphatic carbocycles. The number of nitrogens with zero attached hydrogens (tertiary/aromatic N) is 1. The first-order valence-corrected chi connectivity index (χ1v) is 10.2. The van der Waals surface area contributed by atoms with E-state index in [2.05, 4.69) is 0 Å². The van der Waals surface area contributed by atoms with Crippen LogP contribution in [-0.2, 0) is 9.59 Å². The van der Waals surface area contributed by atoms with Crippen LogP contribution in [0.2, 0.25) is 0 Å². The Morgan fingerprint density at radius 2 is 1.61 bits per heavy atom. The van der Waals surface area contributed by atoms with Crippen LogP contribution in [0.4, 0.5) is 10.1 Å². The van der Waals surface area contributed by atoms with Crippen molar-refractivity contribution in [2.45, 2.75) is 13.0 Å². The summed E-state index contributed by atoms with van der Waals surface area (Å²) in [6.45, 7) is 1.84. The highest BCUT2D eigenvalue weighted by Gasteiger charge is 2.47. The van der Waals surface area contributed by atoms with Gasteiger partial charge in [-0.1, -0.05) is 23.8 Å². The molecule has 33 heavy (non-hydrogen) atoms. The topological polar surface area (TPSA) is 76.1 Å². The molecule has 1 fully saturated rings. The minimum absolute atomic E-state index is 0.105. The van der Waals surface area contributed by atoms with Gasteiger partial charge in [0.1, 0.15) is 23.1 Å². The average Bonchev–Trinajstić information content (AvgIpc) is 3.09. The third-order valence-corrected chi connectivity index (χ3v) is 5.59. The van der Waals surface area contributed by atoms with Gasteiger partial charge in [-0.15, -0.1) is 0 Å². The molecular weight excluding hydrogens is 425 g/mol. The molecule has 0 aromatic heterocycles. The van der Waals surface area contributed by atoms with E-state index in [1.807, 2.05) is 13.0 Å². The third-order valence-electron chi connectivity index (χ3n) is 5.59. The van der Waals surface area contributed by atoms with Gasteiger partial charge >= 0.3 is 0 Å². The van der Waals surface area contributed by atoms with Crippen molar-refractivity contribution < 1.29 is 28.6 Å². The lowest BCUT2D eigenvalue weighted by atomic mass is 9.94. The second-order valence-corrected chi connectivity index (χ2v) is 7.62. The summed E-state index contributed by atoms with van der Waals surface area (Å²) in [5.74, 6) is -1.53. The number of hydrogen-bond donors (Lipinski definition) is 1. The highest BCUT2D eigenvalue weighted by atomic mass is 19.1. The summed E-state index contributed by atoms with van der Waals surface area (Å²) in [5.41, 5.74) is 1.92. The smallest absolute Gasteiger partial charge is 0.300 e. The summed E-state index contributed by atoms with van der Waals surface area (Å²) in [5, 5.41) is 11.3. The molecule has 1 unspecified atom stereocenters. The van der Waals surface area contributed by atoms with Crippen molar-refractivity contribution in [1.82, 2.24) is 0 Å². The highest BCUT2D eigenvalue weighted by molar-refractivity contribution is 6.51. The Kier molecular flexibility index (Phi) is 5.87. The zero-order valence-corrected chi connectivity index (χ0v) is 18.3. The van der Waals surface area contributed by atoms with Crippen molar-refractivity contribution in [3.05, 3.63) is 94.8 Å². The van der Waals surface area contributed by atoms with Crippen LogP contribution in [0.5, 0.6) is 11.5 Å². The number of rotatable bonds is 5. The van der Waals surface area contributed by atoms with E-state index in [4.69, 9.17) is 9.47 Å². The van der Waals surface area contributed by atoms with Crippen LogP contribution >= 0.6 is 0 Å². The van der Waals surface area contributed by atoms with Crippen molar-refractivity contribution in [2.75, 3.05) is 19.1 Å². The van der Waals surface area contributed by atoms with E-state index in [1.165, 1.54) is 43.4 Å². The molecule has 0 saturated carbocycles. The lowest BCUT2D eigenvalue weighted by Crippen LogP contribution is -2.29. The lowest BCUT2D eigenvalue weighted by molar-refractivity contribution is -0.132. The monoisotopic (exact) mass is 447 g/mol. The van der Waals surface area contributed by atoms with Gasteiger partial charge in [0, 0.05) is 5.69 Å². The van der Waals surface area contributed by atoms with E-state index in [-0.39, 0.29) is 16.9 Å². The van der Waals surface area contributed by atoms with Gasteiger partial charge in [-0.3, -0.25) is 14.5 Å². The average molecular weight is 447 g/mol. The number of ether oxygens (including phenoxy) is 2. The minimum atomic E-state index is -0.968. The SMILES string of the molecule is COc1ccc(N2C(=O)C(=O)/C(=C(/O)c3cc(C)ccc3OC)C2c2ccc(F)cc2)cc1. The number of carbonyl (C=O) groups is 2. The maximum Gasteiger partial charge on any atom is 0.300 e. The number of anilines is 1. The van der Waals surface area contributed by atoms with Crippen molar-refractivity contribution in [3.8, 4) is 11.5 Å². The lowest BCUT2D eigenvalue weighted by Gasteiger charge is -2.25. The summed E-state index contributed by atoms with van der Waals surface area (Å²) in [7, 11) is 2.98. The van der Waals surface area contributed by atoms with Crippen LogP contribution in [0.25, 0.3) is 5.76 Å². The van der Waals surface area contributed by atoms with Gasteiger partial charge in [0.2, 0.25) is 0 Å². The summed E-state index contributed by atoms with van der Waals surface area (Å²) in [6.07, 6.45) is 0. The molecule has 0 bridgehead atoms. The van der Waals surface area contributed by atoms with Crippen molar-refractivity contribution in [3.63, 3.8) is 0 Å². The fraction of sp³-hybridized carbons (Fsp3) is 0.154. The Balaban J connectivity index is 1.96. The summed E-state index contributed by atoms with van der Waals surface area (Å²) in [4.78, 5) is 27.7. The molecule has 0 spiro atoms. The standard InChI is InChI=1S/C26H22FNO5/c1-15-4-13-21(33-3)20(14-15)24(29)22-23(16-5-7-17(27)8-6-16)28(26(31)25(22)30)18-9-11-19(32-2)12-10-18/h4-14,23,29H,1-3H3/b24-22+. The predicted octanol–water partition coefficient (Wildman–Crippen LogP) is 4.78. The van der Waals surface area contributed by atoms with Crippen LogP contribution in [0.3, 0.4) is 0 Å². The minimum Gasteiger partial charge on any atom is -0.507 e. The number of Topliss-reactive ketones (excluding diaryl/α,β-unsaturated/α-hetero) is 1. The zero-order chi connectivity index (χ0) is 23.7. The van der Waals surface area contributed by atoms with Gasteiger partial charge in [-0.25, -0.2) is 4.39 Å². The normalized spacial score (nSPS) is 17.3. The Morgan fingerprint density at radius 3 is 2.21 bits per heavy atom. The molecule has 1 N–H and O–H groups in total. The number of ketones is 1. The van der Waals surface area contributed by atoms with Crippen LogP contribution in [-0.4, -0.2) is 31.0 Å². The van der Waals surface area contributed by atoms with Gasteiger partial charge in [0.05, 0.1) is 31.4 Å². The van der Waals surface area contributed by atoms with Crippen LogP contribution in [0, 0.1) is 12.7 Å². The van der Waals surface area contributed by atoms with Crippen LogP contribution < -0.4 is 14.4 Å². The van der Waals surface area contributed by atoms with E-state index in [1.54, 1.807) is 36.4 Å². The van der Waals surface area contributed by atoms with E-state index in [0.717, 1.165) is 5.56 Å². The van der Waals surface area contributed by atoms with Crippen molar-refractivity contribution >= 4 is 23.1 Å². The summed E-state index contributed by atoms with van der Waals surface area (Å²) in [6, 6.07) is 16.3. The molecule has 6 nitrogen and oxygen atoms in total. The van der Waals surface area contributed by atoms with Gasteiger partial charge in [-0.05, 0) is 61.0 Å². The first-order valence-electron chi connectivity index (χ1n) is 10.2. The number of amides is 1. The van der Waals surface area contributed by atoms with Crippen molar-refractivity contribution in [1.29, 1.82) is 0 Å². The number of aryl methyl sites for hydroxylation is 1. The fourth-order valence-corrected chi connectivity index (χ4v) is 3.95. The number of hydrogen-bond acceptors (Lipinski definition) is 5. The van der Waals surface area contributed by atoms with Crippen LogP contribution in [0.1, 0.15) is 22.7 Å². The number of aliphatic hydroxyl groups excluding tert-OH is 1. The Bertz CT molecular complexity index is 1250. The Hall–Kier alpha value is -4.13. The highest BCUT2D eigenvalue weighted by Crippen LogP contribution is 2.43. The van der Waals surface area contributed by atoms with Crippen LogP contribution in [0.15, 0.2) is 72.3 Å². The van der Waals surface area contributed by atoms with Gasteiger partial charge < -0.3 is 14.6 Å². The molecule has 0 radical (unpaired) electrons. The Morgan fingerprint density at radius 1 is 0.939 bits per heavy atom. The second-order valence-electron chi connectivity index (χ2n) is 7.62. The molecule has 4 rings (SSSR count). The molecule has 168 valence electrons. The molecule has 3 aromatic rings. The van der Waals surface area contributed by atoms with E-state index >= 15 is 0 Å². The first-order chi connectivity index (χ1) is 15.8. The molecule has 1 aliphatic heterocycles. The molecule has 3 aromatic carbocycles. The molecule has 1 saturated heterocycles. The predicted molar refractivity (Wildman–Crippen MR) is 122 cm³/mol. The molecule has 1 aliphatic rings. The van der Waals surface area contributed by atoms with E-state index < -0.39 is 23.5 Å². The molecule has 1 heterocycles. The number of carbonyl (C=O) groups excluding carboxylic acids is 2. The summed E-state index contributed by atoms with van der Waals surface area (Å²) >= 11 is 0. The maximum absolute atomic E-state index is 13.7. The molecule has 1 atom stereocenters. The number of methoxy groups -OCH3 is 2. The molecule has 7 heteroatoms. The van der Waals surface area contributed by atoms with E-state index in [9.17, 15) is 19.1 Å². The van der Waals surface area contributed by atoms with Crippen molar-refractivity contribution in [2.24, 2.45) is 0 Å². The second kappa shape index (κ2) is 8.78. The maximum atomic E-state index is 13.7. The summed E-state index contributed by atoms with van der Waals surface area (Å²) < 4.78 is 24.2. The fourth-order valence-electron chi connectivity index (χ4n) is 3.95. The first kappa shape index (κ1) is 22.1. The van der Waals surface area contributed by atoms with Gasteiger partial charge in [0.25, 0.3) is 11.7 Å². The number of halogens is 1. The molecular formula is C26H22FNO5. The Labute approximate surface area is 190 Å². The number of benzene rings is 3.